The molecule has 2 aromatic carbocycles. The summed E-state index contributed by atoms with van der Waals surface area (Å²) >= 11 is 0. The summed E-state index contributed by atoms with van der Waals surface area (Å²) in [5.74, 6) is 0.185. The van der Waals surface area contributed by atoms with E-state index >= 15 is 0 Å². The third kappa shape index (κ3) is 4.90. The Balaban J connectivity index is 1.30. The normalized spacial score (nSPS) is 20.2. The van der Waals surface area contributed by atoms with Gasteiger partial charge in [-0.15, -0.1) is 0 Å². The van der Waals surface area contributed by atoms with E-state index in [1.165, 1.54) is 5.56 Å². The van der Waals surface area contributed by atoms with Gasteiger partial charge in [0.25, 0.3) is 5.91 Å². The van der Waals surface area contributed by atoms with Gasteiger partial charge in [0, 0.05) is 51.4 Å². The molecule has 30 heavy (non-hydrogen) atoms. The number of benzene rings is 2. The fourth-order valence-corrected chi connectivity index (χ4v) is 4.47. The molecule has 5 nitrogen and oxygen atoms in total. The van der Waals surface area contributed by atoms with Crippen molar-refractivity contribution in [2.24, 2.45) is 5.92 Å². The molecule has 1 unspecified atom stereocenters. The van der Waals surface area contributed by atoms with E-state index in [4.69, 9.17) is 0 Å². The summed E-state index contributed by atoms with van der Waals surface area (Å²) in [5, 5.41) is 0. The zero-order valence-electron chi connectivity index (χ0n) is 17.8. The van der Waals surface area contributed by atoms with Crippen LogP contribution in [0.5, 0.6) is 0 Å². The molecule has 0 aromatic heterocycles. The summed E-state index contributed by atoms with van der Waals surface area (Å²) in [6.45, 7) is 7.58. The second-order valence-electron chi connectivity index (χ2n) is 8.54. The van der Waals surface area contributed by atoms with Crippen LogP contribution in [-0.4, -0.2) is 65.8 Å². The minimum absolute atomic E-state index is 0.0418. The van der Waals surface area contributed by atoms with Gasteiger partial charge in [-0.05, 0) is 37.5 Å². The number of carbonyl (C=O) groups is 2. The van der Waals surface area contributed by atoms with E-state index in [2.05, 4.69) is 29.2 Å². The predicted molar refractivity (Wildman–Crippen MR) is 118 cm³/mol. The molecule has 158 valence electrons. The molecule has 5 heteroatoms. The maximum atomic E-state index is 13.1. The summed E-state index contributed by atoms with van der Waals surface area (Å²) < 4.78 is 0. The number of piperazine rings is 1. The number of carbonyl (C=O) groups excluding carboxylic acids is 2. The highest BCUT2D eigenvalue weighted by Crippen LogP contribution is 2.22. The molecule has 2 aliphatic rings. The summed E-state index contributed by atoms with van der Waals surface area (Å²) in [6.07, 6.45) is 1.77. The average Bonchev–Trinajstić information content (AvgIpc) is 2.80. The third-order valence-electron chi connectivity index (χ3n) is 6.29. The number of hydrogen-bond donors (Lipinski definition) is 0. The second kappa shape index (κ2) is 9.43. The first-order chi connectivity index (χ1) is 14.6. The van der Waals surface area contributed by atoms with Crippen molar-refractivity contribution in [2.75, 3.05) is 39.3 Å². The maximum Gasteiger partial charge on any atom is 0.253 e. The van der Waals surface area contributed by atoms with Crippen molar-refractivity contribution in [1.82, 2.24) is 14.7 Å². The average molecular weight is 406 g/mol. The van der Waals surface area contributed by atoms with E-state index in [1.807, 2.05) is 47.1 Å². The van der Waals surface area contributed by atoms with Crippen LogP contribution in [0.25, 0.3) is 0 Å². The van der Waals surface area contributed by atoms with E-state index in [1.54, 1.807) is 0 Å². The van der Waals surface area contributed by atoms with E-state index in [9.17, 15) is 9.59 Å². The Morgan fingerprint density at radius 1 is 0.867 bits per heavy atom. The molecule has 1 atom stereocenters. The summed E-state index contributed by atoms with van der Waals surface area (Å²) in [4.78, 5) is 32.3. The SMILES string of the molecule is Cc1ccc(C(=O)N2CCCC(C(=O)N3CCN(Cc4ccccc4)CC3)C2)cc1. The number of piperidine rings is 1. The lowest BCUT2D eigenvalue weighted by atomic mass is 9.95. The zero-order valence-corrected chi connectivity index (χ0v) is 17.8. The fraction of sp³-hybridized carbons (Fsp3) is 0.440. The van der Waals surface area contributed by atoms with Crippen molar-refractivity contribution in [1.29, 1.82) is 0 Å². The third-order valence-corrected chi connectivity index (χ3v) is 6.29. The minimum Gasteiger partial charge on any atom is -0.340 e. The molecule has 0 N–H and O–H groups in total. The van der Waals surface area contributed by atoms with Gasteiger partial charge in [0.15, 0.2) is 0 Å². The number of likely N-dealkylation sites (tertiary alicyclic amines) is 1. The van der Waals surface area contributed by atoms with Crippen molar-refractivity contribution in [3.05, 3.63) is 71.3 Å². The zero-order chi connectivity index (χ0) is 20.9. The van der Waals surface area contributed by atoms with Gasteiger partial charge >= 0.3 is 0 Å². The summed E-state index contributed by atoms with van der Waals surface area (Å²) in [6, 6.07) is 18.2. The largest absolute Gasteiger partial charge is 0.340 e. The molecule has 2 heterocycles. The van der Waals surface area contributed by atoms with E-state index in [0.717, 1.165) is 57.7 Å². The standard InChI is InChI=1S/C25H31N3O2/c1-20-9-11-22(12-10-20)24(29)28-13-5-8-23(19-28)25(30)27-16-14-26(15-17-27)18-21-6-3-2-4-7-21/h2-4,6-7,9-12,23H,5,8,13-19H2,1H3. The van der Waals surface area contributed by atoms with E-state index in [0.29, 0.717) is 12.1 Å². The number of nitrogens with zero attached hydrogens (tertiary/aromatic N) is 3. The molecule has 2 saturated heterocycles. The minimum atomic E-state index is -0.0752. The summed E-state index contributed by atoms with van der Waals surface area (Å²) in [7, 11) is 0. The first-order valence-corrected chi connectivity index (χ1v) is 11.0. The highest BCUT2D eigenvalue weighted by molar-refractivity contribution is 5.94. The quantitative estimate of drug-likeness (QED) is 0.785. The van der Waals surface area contributed by atoms with Crippen molar-refractivity contribution in [3.63, 3.8) is 0 Å². The molecule has 2 amide bonds. The molecule has 0 aliphatic carbocycles. The van der Waals surface area contributed by atoms with Gasteiger partial charge in [-0.3, -0.25) is 14.5 Å². The van der Waals surface area contributed by atoms with Gasteiger partial charge in [0.05, 0.1) is 5.92 Å². The second-order valence-corrected chi connectivity index (χ2v) is 8.54. The van der Waals surface area contributed by atoms with Crippen molar-refractivity contribution < 1.29 is 9.59 Å². The van der Waals surface area contributed by atoms with Gasteiger partial charge in [0.2, 0.25) is 5.91 Å². The van der Waals surface area contributed by atoms with Crippen LogP contribution in [0, 0.1) is 12.8 Å². The van der Waals surface area contributed by atoms with Crippen molar-refractivity contribution >= 4 is 11.8 Å². The maximum absolute atomic E-state index is 13.1. The molecule has 4 rings (SSSR count). The van der Waals surface area contributed by atoms with Crippen LogP contribution in [0.15, 0.2) is 54.6 Å². The molecular formula is C25H31N3O2. The highest BCUT2D eigenvalue weighted by Gasteiger charge is 2.32. The number of rotatable bonds is 4. The Morgan fingerprint density at radius 3 is 2.27 bits per heavy atom. The molecule has 0 spiro atoms. The van der Waals surface area contributed by atoms with Crippen LogP contribution in [0.3, 0.4) is 0 Å². The smallest absolute Gasteiger partial charge is 0.253 e. The van der Waals surface area contributed by atoms with Gasteiger partial charge in [-0.2, -0.15) is 0 Å². The number of aryl methyl sites for hydroxylation is 1. The van der Waals surface area contributed by atoms with E-state index in [-0.39, 0.29) is 17.7 Å². The number of hydrogen-bond acceptors (Lipinski definition) is 3. The predicted octanol–water partition coefficient (Wildman–Crippen LogP) is 3.19. The Morgan fingerprint density at radius 2 is 1.57 bits per heavy atom. The molecule has 0 bridgehead atoms. The fourth-order valence-electron chi connectivity index (χ4n) is 4.47. The Hall–Kier alpha value is -2.66. The molecule has 0 radical (unpaired) electrons. The van der Waals surface area contributed by atoms with Crippen molar-refractivity contribution in [3.8, 4) is 0 Å². The Bertz CT molecular complexity index is 858. The van der Waals surface area contributed by atoms with Crippen LogP contribution in [0.4, 0.5) is 0 Å². The monoisotopic (exact) mass is 405 g/mol. The van der Waals surface area contributed by atoms with Crippen LogP contribution in [0.1, 0.15) is 34.3 Å². The lowest BCUT2D eigenvalue weighted by Crippen LogP contribution is -2.52. The highest BCUT2D eigenvalue weighted by atomic mass is 16.2. The molecule has 0 saturated carbocycles. The van der Waals surface area contributed by atoms with Gasteiger partial charge in [0.1, 0.15) is 0 Å². The molecular weight excluding hydrogens is 374 g/mol. The summed E-state index contributed by atoms with van der Waals surface area (Å²) in [5.41, 5.74) is 3.17. The molecule has 2 aliphatic heterocycles. The molecule has 2 aromatic rings. The van der Waals surface area contributed by atoms with Crippen LogP contribution < -0.4 is 0 Å². The number of amides is 2. The first kappa shape index (κ1) is 20.6. The lowest BCUT2D eigenvalue weighted by molar-refractivity contribution is -0.138. The van der Waals surface area contributed by atoms with Gasteiger partial charge in [-0.25, -0.2) is 0 Å². The van der Waals surface area contributed by atoms with Gasteiger partial charge in [-0.1, -0.05) is 48.0 Å². The molecule has 2 fully saturated rings. The topological polar surface area (TPSA) is 43.9 Å². The Labute approximate surface area is 179 Å². The Kier molecular flexibility index (Phi) is 6.48. The van der Waals surface area contributed by atoms with Crippen LogP contribution in [0.2, 0.25) is 0 Å². The van der Waals surface area contributed by atoms with E-state index < -0.39 is 0 Å². The first-order valence-electron chi connectivity index (χ1n) is 11.0. The van der Waals surface area contributed by atoms with Crippen LogP contribution in [-0.2, 0) is 11.3 Å². The van der Waals surface area contributed by atoms with Crippen LogP contribution >= 0.6 is 0 Å². The van der Waals surface area contributed by atoms with Crippen molar-refractivity contribution in [2.45, 2.75) is 26.3 Å². The lowest BCUT2D eigenvalue weighted by Gasteiger charge is -2.39. The van der Waals surface area contributed by atoms with Gasteiger partial charge < -0.3 is 9.80 Å².